The molecule has 0 aromatic carbocycles. The summed E-state index contributed by atoms with van der Waals surface area (Å²) >= 11 is 0. The molecule has 0 fully saturated rings. The highest BCUT2D eigenvalue weighted by molar-refractivity contribution is 8.13. The Balaban J connectivity index is 2.94. The van der Waals surface area contributed by atoms with Crippen LogP contribution >= 0.6 is 10.7 Å². The summed E-state index contributed by atoms with van der Waals surface area (Å²) in [4.78, 5) is 15.9. The third-order valence-corrected chi connectivity index (χ3v) is 3.93. The fourth-order valence-corrected chi connectivity index (χ4v) is 2.35. The van der Waals surface area contributed by atoms with Crippen molar-refractivity contribution in [3.63, 3.8) is 0 Å². The molecule has 1 heterocycles. The molecule has 0 aliphatic carbocycles. The maximum absolute atomic E-state index is 11.9. The molecule has 0 bridgehead atoms. The van der Waals surface area contributed by atoms with E-state index in [1.165, 1.54) is 17.9 Å². The van der Waals surface area contributed by atoms with Crippen LogP contribution in [-0.2, 0) is 25.0 Å². The quantitative estimate of drug-likeness (QED) is 0.589. The van der Waals surface area contributed by atoms with Crippen LogP contribution in [0, 0.1) is 0 Å². The van der Waals surface area contributed by atoms with Crippen molar-refractivity contribution in [1.29, 1.82) is 0 Å². The first-order chi connectivity index (χ1) is 9.31. The molecule has 1 atom stereocenters. The van der Waals surface area contributed by atoms with E-state index in [2.05, 4.69) is 10.3 Å². The predicted molar refractivity (Wildman–Crippen MR) is 74.2 cm³/mol. The number of hydrogen-bond acceptors (Lipinski definition) is 5. The Kier molecular flexibility index (Phi) is 5.97. The van der Waals surface area contributed by atoms with Crippen LogP contribution in [0.25, 0.3) is 0 Å². The first kappa shape index (κ1) is 16.9. The van der Waals surface area contributed by atoms with Crippen LogP contribution in [0.3, 0.4) is 0 Å². The first-order valence-electron chi connectivity index (χ1n) is 6.10. The molecule has 1 aromatic rings. The Bertz CT molecular complexity index is 570. The zero-order chi connectivity index (χ0) is 15.3. The number of imidazole rings is 1. The number of aryl methyl sites for hydroxylation is 1. The van der Waals surface area contributed by atoms with Gasteiger partial charge in [0.05, 0.1) is 6.61 Å². The molecule has 1 unspecified atom stereocenters. The van der Waals surface area contributed by atoms with Gasteiger partial charge in [0, 0.05) is 37.0 Å². The second kappa shape index (κ2) is 7.05. The number of amides is 1. The monoisotopic (exact) mass is 323 g/mol. The van der Waals surface area contributed by atoms with Crippen molar-refractivity contribution in [2.75, 3.05) is 20.3 Å². The van der Waals surface area contributed by atoms with E-state index in [4.69, 9.17) is 15.4 Å². The fraction of sp³-hybridized carbons (Fsp3) is 0.636. The zero-order valence-electron chi connectivity index (χ0n) is 11.6. The molecule has 1 N–H and O–H groups in total. The SMILES string of the molecule is CCc1nc(S(=O)(=O)Cl)cn1C(C)C(=O)NCCOC. The molecular formula is C11H18ClN3O4S. The van der Waals surface area contributed by atoms with Crippen molar-refractivity contribution < 1.29 is 17.9 Å². The van der Waals surface area contributed by atoms with Crippen LogP contribution in [0.1, 0.15) is 25.7 Å². The van der Waals surface area contributed by atoms with Crippen LogP contribution in [-0.4, -0.2) is 44.1 Å². The average Bonchev–Trinajstić information content (AvgIpc) is 2.81. The van der Waals surface area contributed by atoms with Crippen LogP contribution in [0.2, 0.25) is 0 Å². The summed E-state index contributed by atoms with van der Waals surface area (Å²) in [6, 6.07) is -0.582. The van der Waals surface area contributed by atoms with Gasteiger partial charge >= 0.3 is 0 Å². The summed E-state index contributed by atoms with van der Waals surface area (Å²) in [5.74, 6) is 0.242. The molecule has 0 aliphatic rings. The summed E-state index contributed by atoms with van der Waals surface area (Å²) < 4.78 is 28.9. The van der Waals surface area contributed by atoms with Crippen molar-refractivity contribution in [3.8, 4) is 0 Å². The van der Waals surface area contributed by atoms with Gasteiger partial charge < -0.3 is 14.6 Å². The highest BCUT2D eigenvalue weighted by Crippen LogP contribution is 2.18. The summed E-state index contributed by atoms with van der Waals surface area (Å²) in [7, 11) is 2.90. The predicted octanol–water partition coefficient (Wildman–Crippen LogP) is 0.697. The number of aromatic nitrogens is 2. The number of carbonyl (C=O) groups excluding carboxylic acids is 1. The highest BCUT2D eigenvalue weighted by atomic mass is 35.7. The van der Waals surface area contributed by atoms with Gasteiger partial charge in [0.2, 0.25) is 5.91 Å². The van der Waals surface area contributed by atoms with Gasteiger partial charge in [-0.2, -0.15) is 0 Å². The largest absolute Gasteiger partial charge is 0.383 e. The van der Waals surface area contributed by atoms with Gasteiger partial charge in [0.1, 0.15) is 11.9 Å². The summed E-state index contributed by atoms with van der Waals surface area (Å²) in [5, 5.41) is 2.44. The molecule has 7 nitrogen and oxygen atoms in total. The Labute approximate surface area is 122 Å². The highest BCUT2D eigenvalue weighted by Gasteiger charge is 2.22. The Hall–Kier alpha value is -1.12. The molecule has 20 heavy (non-hydrogen) atoms. The van der Waals surface area contributed by atoms with E-state index in [0.717, 1.165) is 0 Å². The molecule has 1 aromatic heterocycles. The smallest absolute Gasteiger partial charge is 0.280 e. The molecule has 0 aliphatic heterocycles. The topological polar surface area (TPSA) is 90.3 Å². The fourth-order valence-electron chi connectivity index (χ4n) is 1.67. The van der Waals surface area contributed by atoms with E-state index in [1.54, 1.807) is 6.92 Å². The maximum atomic E-state index is 11.9. The Morgan fingerprint density at radius 1 is 1.60 bits per heavy atom. The normalized spacial score (nSPS) is 13.2. The lowest BCUT2D eigenvalue weighted by Gasteiger charge is -2.15. The molecule has 9 heteroatoms. The lowest BCUT2D eigenvalue weighted by Crippen LogP contribution is -2.33. The van der Waals surface area contributed by atoms with Gasteiger partial charge in [-0.15, -0.1) is 0 Å². The molecule has 1 rings (SSSR count). The van der Waals surface area contributed by atoms with E-state index in [1.807, 2.05) is 6.92 Å². The lowest BCUT2D eigenvalue weighted by molar-refractivity contribution is -0.124. The molecular weight excluding hydrogens is 306 g/mol. The minimum absolute atomic E-state index is 0.243. The number of carbonyl (C=O) groups is 1. The van der Waals surface area contributed by atoms with Crippen molar-refractivity contribution in [3.05, 3.63) is 12.0 Å². The Morgan fingerprint density at radius 2 is 2.25 bits per heavy atom. The average molecular weight is 324 g/mol. The zero-order valence-corrected chi connectivity index (χ0v) is 13.2. The van der Waals surface area contributed by atoms with Gasteiger partial charge in [0.25, 0.3) is 9.05 Å². The number of hydrogen-bond donors (Lipinski definition) is 1. The van der Waals surface area contributed by atoms with Gasteiger partial charge in [-0.1, -0.05) is 6.92 Å². The minimum atomic E-state index is -3.91. The van der Waals surface area contributed by atoms with Crippen molar-refractivity contribution in [2.45, 2.75) is 31.3 Å². The number of ether oxygens (including phenoxy) is 1. The minimum Gasteiger partial charge on any atom is -0.383 e. The lowest BCUT2D eigenvalue weighted by atomic mass is 10.3. The van der Waals surface area contributed by atoms with Crippen molar-refractivity contribution in [1.82, 2.24) is 14.9 Å². The summed E-state index contributed by atoms with van der Waals surface area (Å²) in [6.07, 6.45) is 1.77. The third-order valence-electron chi connectivity index (χ3n) is 2.75. The molecule has 0 saturated carbocycles. The van der Waals surface area contributed by atoms with E-state index in [0.29, 0.717) is 25.4 Å². The number of halogens is 1. The second-order valence-corrected chi connectivity index (χ2v) is 6.67. The van der Waals surface area contributed by atoms with Crippen molar-refractivity contribution in [2.24, 2.45) is 0 Å². The molecule has 0 saturated heterocycles. The van der Waals surface area contributed by atoms with Crippen LogP contribution in [0.15, 0.2) is 11.2 Å². The van der Waals surface area contributed by atoms with E-state index >= 15 is 0 Å². The molecule has 0 spiro atoms. The second-order valence-electron chi connectivity index (χ2n) is 4.15. The molecule has 0 radical (unpaired) electrons. The molecule has 114 valence electrons. The molecule has 1 amide bonds. The Morgan fingerprint density at radius 3 is 2.75 bits per heavy atom. The maximum Gasteiger partial charge on any atom is 0.280 e. The van der Waals surface area contributed by atoms with E-state index in [9.17, 15) is 13.2 Å². The number of methoxy groups -OCH3 is 1. The van der Waals surface area contributed by atoms with Crippen LogP contribution in [0.4, 0.5) is 0 Å². The van der Waals surface area contributed by atoms with E-state index in [-0.39, 0.29) is 10.9 Å². The standard InChI is InChI=1S/C11H18ClN3O4S/c1-4-9-14-10(20(12,17)18)7-15(9)8(2)11(16)13-5-6-19-3/h7-8H,4-6H2,1-3H3,(H,13,16). The number of rotatable bonds is 7. The van der Waals surface area contributed by atoms with Crippen LogP contribution in [0.5, 0.6) is 0 Å². The number of nitrogens with zero attached hydrogens (tertiary/aromatic N) is 2. The van der Waals surface area contributed by atoms with Gasteiger partial charge in [-0.05, 0) is 6.92 Å². The van der Waals surface area contributed by atoms with Crippen LogP contribution < -0.4 is 5.32 Å². The number of nitrogens with one attached hydrogen (secondary N) is 1. The van der Waals surface area contributed by atoms with Gasteiger partial charge in [-0.3, -0.25) is 4.79 Å². The van der Waals surface area contributed by atoms with Gasteiger partial charge in [0.15, 0.2) is 5.03 Å². The third kappa shape index (κ3) is 4.19. The van der Waals surface area contributed by atoms with E-state index < -0.39 is 15.1 Å². The summed E-state index contributed by atoms with van der Waals surface area (Å²) in [6.45, 7) is 4.27. The first-order valence-corrected chi connectivity index (χ1v) is 8.41. The van der Waals surface area contributed by atoms with Crippen molar-refractivity contribution >= 4 is 25.6 Å². The summed E-state index contributed by atoms with van der Waals surface area (Å²) in [5.41, 5.74) is 0. The van der Waals surface area contributed by atoms with Gasteiger partial charge in [-0.25, -0.2) is 13.4 Å².